The van der Waals surface area contributed by atoms with Gasteiger partial charge in [0.05, 0.1) is 11.2 Å². The van der Waals surface area contributed by atoms with Gasteiger partial charge in [0.1, 0.15) is 11.2 Å². The van der Waals surface area contributed by atoms with E-state index in [1.807, 2.05) is 62.4 Å². The topological polar surface area (TPSA) is 45.8 Å². The summed E-state index contributed by atoms with van der Waals surface area (Å²) >= 11 is 0. The van der Waals surface area contributed by atoms with E-state index >= 15 is 0 Å². The van der Waals surface area contributed by atoms with Crippen molar-refractivity contribution in [3.05, 3.63) is 97.1 Å². The second-order valence-corrected chi connectivity index (χ2v) is 9.85. The van der Waals surface area contributed by atoms with E-state index in [1.165, 1.54) is 0 Å². The van der Waals surface area contributed by atoms with Crippen molar-refractivity contribution in [1.82, 2.24) is 0 Å². The van der Waals surface area contributed by atoms with Crippen LogP contribution in [0.5, 0.6) is 0 Å². The van der Waals surface area contributed by atoms with E-state index in [4.69, 9.17) is 9.07 Å². The van der Waals surface area contributed by atoms with Crippen LogP contribution in [0.1, 0.15) is 27.7 Å². The van der Waals surface area contributed by atoms with E-state index in [2.05, 4.69) is 53.4 Å². The van der Waals surface area contributed by atoms with Crippen LogP contribution in [0.3, 0.4) is 0 Å². The summed E-state index contributed by atoms with van der Waals surface area (Å²) in [7, 11) is 1.72. The molecule has 0 aliphatic carbocycles. The Morgan fingerprint density at radius 2 is 1.34 bits per heavy atom. The van der Waals surface area contributed by atoms with Crippen LogP contribution in [0.2, 0.25) is 0 Å². The van der Waals surface area contributed by atoms with Crippen molar-refractivity contribution in [1.29, 1.82) is 0 Å². The molecule has 0 aliphatic rings. The Hall–Kier alpha value is -3.54. The Labute approximate surface area is 207 Å². The average Bonchev–Trinajstić information content (AvgIpc) is 3.21. The second-order valence-electron chi connectivity index (χ2n) is 9.85. The summed E-state index contributed by atoms with van der Waals surface area (Å²) in [6, 6.07) is 32.9. The van der Waals surface area contributed by atoms with Crippen molar-refractivity contribution in [2.75, 3.05) is 4.90 Å². The SMILES string of the molecule is CC(C)(O)C(C)(C)O[B]c1cccc(N(c2ccccc2)c2ccc3c(c2)oc2ccccc23)c1. The number of aliphatic hydroxyl groups is 1. The van der Waals surface area contributed by atoms with Gasteiger partial charge in [-0.1, -0.05) is 54.0 Å². The van der Waals surface area contributed by atoms with Gasteiger partial charge >= 0.3 is 7.48 Å². The van der Waals surface area contributed by atoms with Gasteiger partial charge in [-0.3, -0.25) is 0 Å². The molecule has 175 valence electrons. The lowest BCUT2D eigenvalue weighted by Gasteiger charge is -2.37. The van der Waals surface area contributed by atoms with Crippen LogP contribution >= 0.6 is 0 Å². The summed E-state index contributed by atoms with van der Waals surface area (Å²) < 4.78 is 12.2. The highest BCUT2D eigenvalue weighted by Crippen LogP contribution is 2.38. The highest BCUT2D eigenvalue weighted by atomic mass is 16.5. The van der Waals surface area contributed by atoms with Crippen molar-refractivity contribution in [3.8, 4) is 0 Å². The van der Waals surface area contributed by atoms with E-state index in [1.54, 1.807) is 21.3 Å². The number of fused-ring (bicyclic) bond motifs is 3. The molecule has 0 unspecified atom stereocenters. The molecule has 5 heteroatoms. The third-order valence-corrected chi connectivity index (χ3v) is 6.73. The van der Waals surface area contributed by atoms with Crippen molar-refractivity contribution in [2.24, 2.45) is 0 Å². The van der Waals surface area contributed by atoms with Gasteiger partial charge in [-0.15, -0.1) is 0 Å². The summed E-state index contributed by atoms with van der Waals surface area (Å²) in [4.78, 5) is 2.20. The molecule has 1 radical (unpaired) electrons. The Morgan fingerprint density at radius 3 is 2.11 bits per heavy atom. The normalized spacial score (nSPS) is 12.3. The van der Waals surface area contributed by atoms with Crippen LogP contribution in [0.15, 0.2) is 101 Å². The maximum atomic E-state index is 10.4. The highest BCUT2D eigenvalue weighted by molar-refractivity contribution is 6.47. The molecule has 0 spiro atoms. The van der Waals surface area contributed by atoms with Crippen LogP contribution in [0.25, 0.3) is 21.9 Å². The molecule has 1 N–H and O–H groups in total. The van der Waals surface area contributed by atoms with Crippen LogP contribution in [-0.4, -0.2) is 23.8 Å². The van der Waals surface area contributed by atoms with Gasteiger partial charge in [0, 0.05) is 33.9 Å². The molecular weight excluding hydrogens is 433 g/mol. The maximum Gasteiger partial charge on any atom is 0.330 e. The van der Waals surface area contributed by atoms with Crippen molar-refractivity contribution in [3.63, 3.8) is 0 Å². The van der Waals surface area contributed by atoms with Gasteiger partial charge in [0.25, 0.3) is 0 Å². The molecule has 4 aromatic carbocycles. The standard InChI is InChI=1S/C30H29BNO3/c1-29(2,33)30(3,4)35-31-21-11-10-14-23(19-21)32(22-12-6-5-7-13-22)24-17-18-26-25-15-8-9-16-27(25)34-28(26)20-24/h5-20,33H,1-4H3. The van der Waals surface area contributed by atoms with Crippen molar-refractivity contribution >= 4 is 51.9 Å². The third-order valence-electron chi connectivity index (χ3n) is 6.73. The molecule has 0 saturated carbocycles. The number of hydrogen-bond acceptors (Lipinski definition) is 4. The van der Waals surface area contributed by atoms with Gasteiger partial charge < -0.3 is 19.1 Å². The molecule has 0 bridgehead atoms. The molecular formula is C30H29BNO3. The van der Waals surface area contributed by atoms with E-state index < -0.39 is 11.2 Å². The number of anilines is 3. The lowest BCUT2D eigenvalue weighted by molar-refractivity contribution is -0.0893. The first-order valence-electron chi connectivity index (χ1n) is 11.8. The fraction of sp³-hybridized carbons (Fsp3) is 0.200. The molecule has 4 nitrogen and oxygen atoms in total. The zero-order chi connectivity index (χ0) is 24.6. The molecule has 35 heavy (non-hydrogen) atoms. The zero-order valence-corrected chi connectivity index (χ0v) is 20.5. The van der Waals surface area contributed by atoms with E-state index in [0.29, 0.717) is 0 Å². The number of rotatable bonds is 7. The molecule has 0 aliphatic heterocycles. The lowest BCUT2D eigenvalue weighted by atomic mass is 9.82. The summed E-state index contributed by atoms with van der Waals surface area (Å²) in [5.74, 6) is 0. The zero-order valence-electron chi connectivity index (χ0n) is 20.5. The third kappa shape index (κ3) is 4.57. The highest BCUT2D eigenvalue weighted by Gasteiger charge is 2.35. The molecule has 0 atom stereocenters. The first kappa shape index (κ1) is 23.2. The van der Waals surface area contributed by atoms with Gasteiger partial charge in [0.15, 0.2) is 0 Å². The Morgan fingerprint density at radius 1 is 0.686 bits per heavy atom. The van der Waals surface area contributed by atoms with Crippen molar-refractivity contribution in [2.45, 2.75) is 38.9 Å². The van der Waals surface area contributed by atoms with E-state index in [-0.39, 0.29) is 0 Å². The summed E-state index contributed by atoms with van der Waals surface area (Å²) in [6.45, 7) is 7.27. The minimum absolute atomic E-state index is 0.742. The number of nitrogens with zero attached hydrogens (tertiary/aromatic N) is 1. The van der Waals surface area contributed by atoms with Gasteiger partial charge in [0.2, 0.25) is 0 Å². The maximum absolute atomic E-state index is 10.4. The molecule has 0 fully saturated rings. The van der Waals surface area contributed by atoms with Crippen LogP contribution in [0.4, 0.5) is 17.1 Å². The monoisotopic (exact) mass is 462 g/mol. The molecule has 5 aromatic rings. The molecule has 1 heterocycles. The van der Waals surface area contributed by atoms with E-state index in [9.17, 15) is 5.11 Å². The number of hydrogen-bond donors (Lipinski definition) is 1. The average molecular weight is 462 g/mol. The number of benzene rings is 4. The molecule has 0 amide bonds. The summed E-state index contributed by atoms with van der Waals surface area (Å²) in [5.41, 5.74) is 3.94. The Kier molecular flexibility index (Phi) is 5.91. The second kappa shape index (κ2) is 8.92. The molecule has 1 aromatic heterocycles. The fourth-order valence-electron chi connectivity index (χ4n) is 3.97. The van der Waals surface area contributed by atoms with Crippen LogP contribution < -0.4 is 10.4 Å². The fourth-order valence-corrected chi connectivity index (χ4v) is 3.97. The van der Waals surface area contributed by atoms with Crippen LogP contribution in [-0.2, 0) is 4.65 Å². The van der Waals surface area contributed by atoms with Gasteiger partial charge in [-0.2, -0.15) is 0 Å². The molecule has 5 rings (SSSR count). The van der Waals surface area contributed by atoms with Crippen LogP contribution in [0, 0.1) is 0 Å². The number of furan rings is 1. The minimum atomic E-state index is -0.987. The summed E-state index contributed by atoms with van der Waals surface area (Å²) in [5, 5.41) is 12.7. The number of para-hydroxylation sites is 2. The van der Waals surface area contributed by atoms with Crippen molar-refractivity contribution < 1.29 is 14.2 Å². The predicted octanol–water partition coefficient (Wildman–Crippen LogP) is 6.87. The largest absolute Gasteiger partial charge is 0.456 e. The Bertz CT molecular complexity index is 1470. The smallest absolute Gasteiger partial charge is 0.330 e. The quantitative estimate of drug-likeness (QED) is 0.268. The van der Waals surface area contributed by atoms with E-state index in [0.717, 1.165) is 44.5 Å². The Balaban J connectivity index is 1.55. The lowest BCUT2D eigenvalue weighted by Crippen LogP contribution is -2.49. The first-order valence-corrected chi connectivity index (χ1v) is 11.8. The van der Waals surface area contributed by atoms with Gasteiger partial charge in [-0.25, -0.2) is 0 Å². The first-order chi connectivity index (χ1) is 16.7. The molecule has 0 saturated heterocycles. The van der Waals surface area contributed by atoms with Gasteiger partial charge in [-0.05, 0) is 70.2 Å². The summed E-state index contributed by atoms with van der Waals surface area (Å²) in [6.07, 6.45) is 0. The predicted molar refractivity (Wildman–Crippen MR) is 145 cm³/mol. The minimum Gasteiger partial charge on any atom is -0.456 e.